The van der Waals surface area contributed by atoms with Gasteiger partial charge >= 0.3 is 0 Å². The van der Waals surface area contributed by atoms with Crippen molar-refractivity contribution in [2.45, 2.75) is 31.2 Å². The third-order valence-corrected chi connectivity index (χ3v) is 3.86. The van der Waals surface area contributed by atoms with E-state index in [1.165, 1.54) is 17.5 Å². The van der Waals surface area contributed by atoms with E-state index in [9.17, 15) is 4.79 Å². The van der Waals surface area contributed by atoms with Crippen LogP contribution in [0.2, 0.25) is 0 Å². The second-order valence-corrected chi connectivity index (χ2v) is 5.25. The molecule has 0 bridgehead atoms. The Hall–Kier alpha value is -1.39. The summed E-state index contributed by atoms with van der Waals surface area (Å²) in [6.45, 7) is 0.873. The van der Waals surface area contributed by atoms with Gasteiger partial charge in [0, 0.05) is 12.3 Å². The van der Waals surface area contributed by atoms with Crippen LogP contribution in [0.1, 0.15) is 24.0 Å². The van der Waals surface area contributed by atoms with Crippen molar-refractivity contribution in [3.8, 4) is 0 Å². The predicted molar refractivity (Wildman–Crippen MR) is 69.5 cm³/mol. The molecular weight excluding hydrogens is 228 g/mol. The molecule has 1 aromatic rings. The van der Waals surface area contributed by atoms with Gasteiger partial charge in [-0.1, -0.05) is 6.07 Å². The van der Waals surface area contributed by atoms with Crippen molar-refractivity contribution in [3.05, 3.63) is 29.3 Å². The van der Waals surface area contributed by atoms with E-state index in [1.54, 1.807) is 0 Å². The monoisotopic (exact) mass is 246 g/mol. The van der Waals surface area contributed by atoms with E-state index >= 15 is 0 Å². The molecule has 96 valence electrons. The van der Waals surface area contributed by atoms with Crippen LogP contribution >= 0.6 is 0 Å². The second kappa shape index (κ2) is 4.37. The van der Waals surface area contributed by atoms with E-state index in [2.05, 4.69) is 17.4 Å². The van der Waals surface area contributed by atoms with E-state index in [4.69, 9.17) is 10.5 Å². The summed E-state index contributed by atoms with van der Waals surface area (Å²) in [7, 11) is 0. The van der Waals surface area contributed by atoms with Gasteiger partial charge in [-0.25, -0.2) is 0 Å². The number of benzene rings is 1. The highest BCUT2D eigenvalue weighted by Gasteiger charge is 2.38. The van der Waals surface area contributed by atoms with Crippen molar-refractivity contribution < 1.29 is 9.53 Å². The summed E-state index contributed by atoms with van der Waals surface area (Å²) in [4.78, 5) is 12.1. The summed E-state index contributed by atoms with van der Waals surface area (Å²) >= 11 is 0. The van der Waals surface area contributed by atoms with E-state index in [1.807, 2.05) is 6.07 Å². The number of rotatable bonds is 2. The van der Waals surface area contributed by atoms with E-state index in [0.717, 1.165) is 18.5 Å². The molecule has 1 unspecified atom stereocenters. The highest BCUT2D eigenvalue weighted by atomic mass is 16.5. The summed E-state index contributed by atoms with van der Waals surface area (Å²) in [5.41, 5.74) is 8.76. The van der Waals surface area contributed by atoms with E-state index in [0.29, 0.717) is 19.6 Å². The van der Waals surface area contributed by atoms with Gasteiger partial charge < -0.3 is 15.8 Å². The van der Waals surface area contributed by atoms with Gasteiger partial charge in [-0.05, 0) is 48.9 Å². The largest absolute Gasteiger partial charge is 0.379 e. The fraction of sp³-hybridized carbons (Fsp3) is 0.500. The number of anilines is 1. The molecule has 0 aromatic heterocycles. The molecule has 1 amide bonds. The first-order chi connectivity index (χ1) is 8.67. The average molecular weight is 246 g/mol. The maximum Gasteiger partial charge on any atom is 0.246 e. The number of amides is 1. The minimum atomic E-state index is -0.862. The van der Waals surface area contributed by atoms with Crippen molar-refractivity contribution in [2.75, 3.05) is 18.5 Å². The number of nitrogens with two attached hydrogens (primary N) is 1. The van der Waals surface area contributed by atoms with Gasteiger partial charge in [-0.15, -0.1) is 0 Å². The number of aryl methyl sites for hydroxylation is 2. The average Bonchev–Trinajstić information content (AvgIpc) is 2.98. The molecule has 1 aliphatic heterocycles. The molecule has 18 heavy (non-hydrogen) atoms. The van der Waals surface area contributed by atoms with Crippen LogP contribution in [0.5, 0.6) is 0 Å². The first-order valence-corrected chi connectivity index (χ1v) is 6.47. The van der Waals surface area contributed by atoms with Gasteiger partial charge in [0.05, 0.1) is 6.61 Å². The molecule has 4 heteroatoms. The lowest BCUT2D eigenvalue weighted by atomic mass is 9.99. The number of nitrogens with one attached hydrogen (secondary N) is 1. The first-order valence-electron chi connectivity index (χ1n) is 6.47. The van der Waals surface area contributed by atoms with Crippen LogP contribution in [-0.2, 0) is 22.4 Å². The Balaban J connectivity index is 1.74. The lowest BCUT2D eigenvalue weighted by Crippen LogP contribution is -2.51. The lowest BCUT2D eigenvalue weighted by Gasteiger charge is -2.20. The fourth-order valence-corrected chi connectivity index (χ4v) is 2.66. The van der Waals surface area contributed by atoms with Crippen LogP contribution in [0.25, 0.3) is 0 Å². The molecule has 1 atom stereocenters. The minimum absolute atomic E-state index is 0.141. The third kappa shape index (κ3) is 2.02. The maximum atomic E-state index is 12.1. The Bertz CT molecular complexity index is 479. The molecule has 4 nitrogen and oxygen atoms in total. The number of fused-ring (bicyclic) bond motifs is 1. The molecule has 0 saturated carbocycles. The van der Waals surface area contributed by atoms with Gasteiger partial charge in [-0.2, -0.15) is 0 Å². The Labute approximate surface area is 107 Å². The van der Waals surface area contributed by atoms with Crippen LogP contribution in [0.4, 0.5) is 5.69 Å². The molecule has 3 rings (SSSR count). The topological polar surface area (TPSA) is 64.4 Å². The standard InChI is InChI=1S/C14H18N2O2/c15-14(6-7-18-9-14)13(17)16-12-5-4-10-2-1-3-11(10)8-12/h4-5,8H,1-3,6-7,9,15H2,(H,16,17). The number of carbonyl (C=O) groups excluding carboxylic acids is 1. The van der Waals surface area contributed by atoms with Crippen molar-refractivity contribution in [3.63, 3.8) is 0 Å². The highest BCUT2D eigenvalue weighted by molar-refractivity contribution is 5.98. The Morgan fingerprint density at radius 1 is 1.33 bits per heavy atom. The van der Waals surface area contributed by atoms with Gasteiger partial charge in [-0.3, -0.25) is 4.79 Å². The lowest BCUT2D eigenvalue weighted by molar-refractivity contribution is -0.121. The maximum absolute atomic E-state index is 12.1. The van der Waals surface area contributed by atoms with Crippen LogP contribution in [0, 0.1) is 0 Å². The minimum Gasteiger partial charge on any atom is -0.379 e. The Kier molecular flexibility index (Phi) is 2.84. The molecule has 0 radical (unpaired) electrons. The van der Waals surface area contributed by atoms with Crippen LogP contribution < -0.4 is 11.1 Å². The third-order valence-electron chi connectivity index (χ3n) is 3.86. The number of hydrogen-bond acceptors (Lipinski definition) is 3. The van der Waals surface area contributed by atoms with E-state index in [-0.39, 0.29) is 5.91 Å². The molecule has 1 saturated heterocycles. The molecule has 3 N–H and O–H groups in total. The fourth-order valence-electron chi connectivity index (χ4n) is 2.66. The Morgan fingerprint density at radius 3 is 2.94 bits per heavy atom. The normalized spacial score (nSPS) is 26.1. The molecule has 1 aliphatic carbocycles. The van der Waals surface area contributed by atoms with Crippen molar-refractivity contribution in [1.29, 1.82) is 0 Å². The first kappa shape index (κ1) is 11.7. The molecule has 2 aliphatic rings. The van der Waals surface area contributed by atoms with Crippen molar-refractivity contribution in [2.24, 2.45) is 5.73 Å². The van der Waals surface area contributed by atoms with Gasteiger partial charge in [0.1, 0.15) is 5.54 Å². The van der Waals surface area contributed by atoms with Crippen LogP contribution in [0.3, 0.4) is 0 Å². The predicted octanol–water partition coefficient (Wildman–Crippen LogP) is 1.23. The summed E-state index contributed by atoms with van der Waals surface area (Å²) in [5, 5.41) is 2.91. The number of hydrogen-bond donors (Lipinski definition) is 2. The second-order valence-electron chi connectivity index (χ2n) is 5.25. The zero-order valence-electron chi connectivity index (χ0n) is 10.4. The number of carbonyl (C=O) groups is 1. The zero-order chi connectivity index (χ0) is 12.6. The van der Waals surface area contributed by atoms with E-state index < -0.39 is 5.54 Å². The summed E-state index contributed by atoms with van der Waals surface area (Å²) < 4.78 is 5.21. The summed E-state index contributed by atoms with van der Waals surface area (Å²) in [6, 6.07) is 6.13. The molecule has 0 spiro atoms. The molecule has 1 heterocycles. The van der Waals surface area contributed by atoms with Crippen LogP contribution in [0.15, 0.2) is 18.2 Å². The van der Waals surface area contributed by atoms with Gasteiger partial charge in [0.2, 0.25) is 5.91 Å². The summed E-state index contributed by atoms with van der Waals surface area (Å²) in [6.07, 6.45) is 4.05. The van der Waals surface area contributed by atoms with Crippen molar-refractivity contribution >= 4 is 11.6 Å². The Morgan fingerprint density at radius 2 is 2.17 bits per heavy atom. The summed E-state index contributed by atoms with van der Waals surface area (Å²) in [5.74, 6) is -0.141. The molecular formula is C14H18N2O2. The zero-order valence-corrected chi connectivity index (χ0v) is 10.4. The van der Waals surface area contributed by atoms with Crippen LogP contribution in [-0.4, -0.2) is 24.7 Å². The SMILES string of the molecule is NC1(C(=O)Nc2ccc3c(c2)CCC3)CCOC1. The smallest absolute Gasteiger partial charge is 0.246 e. The number of ether oxygens (including phenoxy) is 1. The highest BCUT2D eigenvalue weighted by Crippen LogP contribution is 2.26. The van der Waals surface area contributed by atoms with Crippen molar-refractivity contribution in [1.82, 2.24) is 0 Å². The molecule has 1 aromatic carbocycles. The van der Waals surface area contributed by atoms with Gasteiger partial charge in [0.25, 0.3) is 0 Å². The quantitative estimate of drug-likeness (QED) is 0.825. The molecule has 1 fully saturated rings. The van der Waals surface area contributed by atoms with Gasteiger partial charge in [0.15, 0.2) is 0 Å².